The van der Waals surface area contributed by atoms with E-state index in [1.807, 2.05) is 12.2 Å². The molecule has 1 amide bonds. The van der Waals surface area contributed by atoms with Crippen LogP contribution in [0, 0.1) is 0 Å². The zero-order valence-corrected chi connectivity index (χ0v) is 9.12. The summed E-state index contributed by atoms with van der Waals surface area (Å²) in [6.45, 7) is 0. The van der Waals surface area contributed by atoms with Gasteiger partial charge in [-0.15, -0.1) is 0 Å². The van der Waals surface area contributed by atoms with Crippen molar-refractivity contribution in [2.75, 3.05) is 0 Å². The number of rotatable bonds is 1. The number of primary amides is 1. The minimum Gasteiger partial charge on any atom is -0.366 e. The summed E-state index contributed by atoms with van der Waals surface area (Å²) in [5, 5.41) is 0. The van der Waals surface area contributed by atoms with Crippen molar-refractivity contribution in [2.45, 2.75) is 32.1 Å². The molecule has 0 atom stereocenters. The number of aliphatic imine (C=N–C) groups is 1. The summed E-state index contributed by atoms with van der Waals surface area (Å²) in [5.74, 6) is -0.312. The zero-order chi connectivity index (χ0) is 11.1. The molecule has 1 fully saturated rings. The second-order valence-corrected chi connectivity index (χ2v) is 4.51. The Bertz CT molecular complexity index is 492. The molecule has 0 saturated heterocycles. The first-order valence-corrected chi connectivity index (χ1v) is 5.76. The number of carbonyl (C=O) groups is 1. The Hall–Kier alpha value is -1.64. The molecule has 3 heteroatoms. The van der Waals surface area contributed by atoms with Crippen molar-refractivity contribution in [3.63, 3.8) is 0 Å². The van der Waals surface area contributed by atoms with Gasteiger partial charge in [0.05, 0.1) is 5.70 Å². The minimum absolute atomic E-state index is 0.312. The van der Waals surface area contributed by atoms with E-state index in [0.717, 1.165) is 18.5 Å². The Labute approximate surface area is 94.4 Å². The first-order valence-electron chi connectivity index (χ1n) is 5.76. The third kappa shape index (κ3) is 1.35. The van der Waals surface area contributed by atoms with Gasteiger partial charge in [-0.2, -0.15) is 0 Å². The van der Waals surface area contributed by atoms with Crippen molar-refractivity contribution in [3.05, 3.63) is 34.6 Å². The lowest BCUT2D eigenvalue weighted by molar-refractivity contribution is -0.114. The summed E-state index contributed by atoms with van der Waals surface area (Å²) >= 11 is 0. The molecule has 82 valence electrons. The first kappa shape index (κ1) is 9.58. The van der Waals surface area contributed by atoms with Crippen molar-refractivity contribution < 1.29 is 4.79 Å². The second-order valence-electron chi connectivity index (χ2n) is 4.51. The maximum atomic E-state index is 11.2. The molecule has 2 N–H and O–H groups in total. The number of hydrogen-bond donors (Lipinski definition) is 1. The molecular weight excluding hydrogens is 200 g/mol. The van der Waals surface area contributed by atoms with Crippen LogP contribution in [0.1, 0.15) is 32.1 Å². The quantitative estimate of drug-likeness (QED) is 0.713. The van der Waals surface area contributed by atoms with E-state index in [0.29, 0.717) is 12.0 Å². The van der Waals surface area contributed by atoms with Crippen LogP contribution in [-0.2, 0) is 4.79 Å². The predicted octanol–water partition coefficient (Wildman–Crippen LogP) is 2.01. The van der Waals surface area contributed by atoms with Crippen LogP contribution in [0.3, 0.4) is 0 Å². The van der Waals surface area contributed by atoms with Gasteiger partial charge in [-0.3, -0.25) is 9.79 Å². The number of carbonyl (C=O) groups excluding carboxylic acids is 1. The summed E-state index contributed by atoms with van der Waals surface area (Å²) in [6, 6.07) is 0. The van der Waals surface area contributed by atoms with Gasteiger partial charge in [-0.05, 0) is 42.9 Å². The SMILES string of the molecule is NC(=O)C1=CC=C2N=C3CCCCC3=C2C1. The third-order valence-electron chi connectivity index (χ3n) is 3.49. The van der Waals surface area contributed by atoms with E-state index in [2.05, 4.69) is 4.99 Å². The number of amides is 1. The molecule has 3 aliphatic rings. The van der Waals surface area contributed by atoms with Gasteiger partial charge in [0.15, 0.2) is 0 Å². The van der Waals surface area contributed by atoms with Crippen LogP contribution in [0.4, 0.5) is 0 Å². The molecule has 0 radical (unpaired) electrons. The van der Waals surface area contributed by atoms with Crippen LogP contribution in [0.15, 0.2) is 39.6 Å². The fraction of sp³-hybridized carbons (Fsp3) is 0.385. The monoisotopic (exact) mass is 214 g/mol. The van der Waals surface area contributed by atoms with Gasteiger partial charge in [-0.1, -0.05) is 6.08 Å². The molecule has 0 unspecified atom stereocenters. The van der Waals surface area contributed by atoms with E-state index in [1.165, 1.54) is 29.7 Å². The average molecular weight is 214 g/mol. The van der Waals surface area contributed by atoms with Crippen molar-refractivity contribution in [1.82, 2.24) is 0 Å². The molecule has 0 aromatic rings. The maximum Gasteiger partial charge on any atom is 0.244 e. The van der Waals surface area contributed by atoms with Gasteiger partial charge in [0.25, 0.3) is 0 Å². The van der Waals surface area contributed by atoms with Crippen LogP contribution in [-0.4, -0.2) is 11.6 Å². The molecule has 3 nitrogen and oxygen atoms in total. The largest absolute Gasteiger partial charge is 0.366 e. The lowest BCUT2D eigenvalue weighted by Crippen LogP contribution is -2.16. The van der Waals surface area contributed by atoms with Crippen LogP contribution >= 0.6 is 0 Å². The highest BCUT2D eigenvalue weighted by Crippen LogP contribution is 2.39. The summed E-state index contributed by atoms with van der Waals surface area (Å²) in [5.41, 5.74) is 10.9. The molecule has 0 aromatic heterocycles. The van der Waals surface area contributed by atoms with Crippen LogP contribution in [0.5, 0.6) is 0 Å². The van der Waals surface area contributed by atoms with Gasteiger partial charge in [0, 0.05) is 17.7 Å². The average Bonchev–Trinajstić information content (AvgIpc) is 2.66. The fourth-order valence-electron chi connectivity index (χ4n) is 2.64. The normalized spacial score (nSPS) is 23.1. The molecule has 2 aliphatic carbocycles. The van der Waals surface area contributed by atoms with Crippen molar-refractivity contribution in [1.29, 1.82) is 0 Å². The summed E-state index contributed by atoms with van der Waals surface area (Å²) < 4.78 is 0. The molecule has 0 bridgehead atoms. The number of hydrogen-bond acceptors (Lipinski definition) is 2. The van der Waals surface area contributed by atoms with Crippen LogP contribution < -0.4 is 5.73 Å². The summed E-state index contributed by atoms with van der Waals surface area (Å²) in [7, 11) is 0. The van der Waals surface area contributed by atoms with Crippen molar-refractivity contribution in [2.24, 2.45) is 10.7 Å². The highest BCUT2D eigenvalue weighted by atomic mass is 16.1. The van der Waals surface area contributed by atoms with Gasteiger partial charge in [0.1, 0.15) is 0 Å². The number of nitrogens with two attached hydrogens (primary N) is 1. The molecule has 0 aromatic carbocycles. The van der Waals surface area contributed by atoms with Crippen molar-refractivity contribution in [3.8, 4) is 0 Å². The molecule has 0 spiro atoms. The molecule has 3 rings (SSSR count). The Morgan fingerprint density at radius 3 is 2.81 bits per heavy atom. The Balaban J connectivity index is 2.01. The van der Waals surface area contributed by atoms with E-state index >= 15 is 0 Å². The van der Waals surface area contributed by atoms with E-state index in [4.69, 9.17) is 5.73 Å². The van der Waals surface area contributed by atoms with Gasteiger partial charge in [-0.25, -0.2) is 0 Å². The third-order valence-corrected chi connectivity index (χ3v) is 3.49. The molecule has 1 aliphatic heterocycles. The van der Waals surface area contributed by atoms with E-state index in [-0.39, 0.29) is 5.91 Å². The minimum atomic E-state index is -0.312. The van der Waals surface area contributed by atoms with E-state index in [9.17, 15) is 4.79 Å². The van der Waals surface area contributed by atoms with Gasteiger partial charge in [0.2, 0.25) is 5.91 Å². The zero-order valence-electron chi connectivity index (χ0n) is 9.12. The Kier molecular flexibility index (Phi) is 2.06. The van der Waals surface area contributed by atoms with E-state index < -0.39 is 0 Å². The molecule has 16 heavy (non-hydrogen) atoms. The van der Waals surface area contributed by atoms with Gasteiger partial charge >= 0.3 is 0 Å². The molecule has 1 heterocycles. The highest BCUT2D eigenvalue weighted by molar-refractivity contribution is 6.06. The second kappa shape index (κ2) is 3.44. The molecular formula is C13H14N2O. The topological polar surface area (TPSA) is 55.5 Å². The number of fused-ring (bicyclic) bond motifs is 2. The van der Waals surface area contributed by atoms with Gasteiger partial charge < -0.3 is 5.73 Å². The highest BCUT2D eigenvalue weighted by Gasteiger charge is 2.28. The number of nitrogens with zero attached hydrogens (tertiary/aromatic N) is 1. The maximum absolute atomic E-state index is 11.2. The van der Waals surface area contributed by atoms with Crippen LogP contribution in [0.2, 0.25) is 0 Å². The Morgan fingerprint density at radius 2 is 2.00 bits per heavy atom. The standard InChI is InChI=1S/C13H14N2O/c14-13(16)8-5-6-12-10(7-8)9-3-1-2-4-11(9)15-12/h5-6H,1-4,7H2,(H2,14,16). The smallest absolute Gasteiger partial charge is 0.244 e. The first-order chi connectivity index (χ1) is 7.75. The summed E-state index contributed by atoms with van der Waals surface area (Å²) in [6.07, 6.45) is 9.07. The predicted molar refractivity (Wildman–Crippen MR) is 62.9 cm³/mol. The molecule has 1 saturated carbocycles. The number of allylic oxidation sites excluding steroid dienone is 4. The van der Waals surface area contributed by atoms with E-state index in [1.54, 1.807) is 0 Å². The Morgan fingerprint density at radius 1 is 1.19 bits per heavy atom. The van der Waals surface area contributed by atoms with Crippen molar-refractivity contribution >= 4 is 11.6 Å². The lowest BCUT2D eigenvalue weighted by atomic mass is 9.87. The summed E-state index contributed by atoms with van der Waals surface area (Å²) in [4.78, 5) is 15.8. The lowest BCUT2D eigenvalue weighted by Gasteiger charge is -2.16. The fourth-order valence-corrected chi connectivity index (χ4v) is 2.64. The van der Waals surface area contributed by atoms with Crippen LogP contribution in [0.25, 0.3) is 0 Å².